The highest BCUT2D eigenvalue weighted by Crippen LogP contribution is 2.34. The average Bonchev–Trinajstić information content (AvgIpc) is 3.51. The maximum atomic E-state index is 13.0. The highest BCUT2D eigenvalue weighted by atomic mass is 19.4. The molecule has 1 fully saturated rings. The summed E-state index contributed by atoms with van der Waals surface area (Å²) in [5.41, 5.74) is -0.0417. The zero-order valence-corrected chi connectivity index (χ0v) is 16.2. The van der Waals surface area contributed by atoms with Crippen LogP contribution in [-0.4, -0.2) is 37.5 Å². The predicted molar refractivity (Wildman–Crippen MR) is 107 cm³/mol. The van der Waals surface area contributed by atoms with E-state index in [1.54, 1.807) is 25.5 Å². The van der Waals surface area contributed by atoms with Gasteiger partial charge in [-0.05, 0) is 31.0 Å². The fourth-order valence-corrected chi connectivity index (χ4v) is 3.32. The lowest BCUT2D eigenvalue weighted by Crippen LogP contribution is -2.14. The molecular formula is C20H16F3N7O. The van der Waals surface area contributed by atoms with Gasteiger partial charge in [0.15, 0.2) is 11.5 Å². The van der Waals surface area contributed by atoms with E-state index < -0.39 is 11.7 Å². The van der Waals surface area contributed by atoms with Crippen molar-refractivity contribution in [3.63, 3.8) is 0 Å². The standard InChI is InChI=1S/C20H16F3N7O/c1-24-17-13-7-25-15(27-19(31)10-2-3-10)6-12(13)14(8-26-17)18-28-16-5-4-11(20(21,22)23)9-30(16)29-18/h4-10H,2-3H2,1H3,(H,24,26)(H,25,27,31). The van der Waals surface area contributed by atoms with Crippen molar-refractivity contribution in [1.82, 2.24) is 24.6 Å². The van der Waals surface area contributed by atoms with Gasteiger partial charge in [-0.2, -0.15) is 13.2 Å². The zero-order valence-electron chi connectivity index (χ0n) is 16.2. The fourth-order valence-electron chi connectivity index (χ4n) is 3.32. The monoisotopic (exact) mass is 427 g/mol. The van der Waals surface area contributed by atoms with E-state index in [-0.39, 0.29) is 23.3 Å². The first-order chi connectivity index (χ1) is 14.8. The Balaban J connectivity index is 1.63. The van der Waals surface area contributed by atoms with Gasteiger partial charge in [-0.3, -0.25) is 4.79 Å². The zero-order chi connectivity index (χ0) is 21.8. The van der Waals surface area contributed by atoms with Gasteiger partial charge in [-0.25, -0.2) is 19.5 Å². The highest BCUT2D eigenvalue weighted by Gasteiger charge is 2.31. The number of carbonyl (C=O) groups excluding carboxylic acids is 1. The summed E-state index contributed by atoms with van der Waals surface area (Å²) in [6.45, 7) is 0. The lowest BCUT2D eigenvalue weighted by Gasteiger charge is -2.10. The number of pyridine rings is 3. The molecule has 8 nitrogen and oxygen atoms in total. The Labute approximate surface area is 173 Å². The molecular weight excluding hydrogens is 411 g/mol. The maximum Gasteiger partial charge on any atom is 0.417 e. The molecule has 4 heterocycles. The Morgan fingerprint density at radius 3 is 2.68 bits per heavy atom. The van der Waals surface area contributed by atoms with Gasteiger partial charge < -0.3 is 10.6 Å². The Morgan fingerprint density at radius 2 is 1.97 bits per heavy atom. The van der Waals surface area contributed by atoms with Crippen molar-refractivity contribution in [3.05, 3.63) is 42.4 Å². The second-order valence-electron chi connectivity index (χ2n) is 7.30. The molecule has 31 heavy (non-hydrogen) atoms. The van der Waals surface area contributed by atoms with E-state index in [0.717, 1.165) is 29.6 Å². The van der Waals surface area contributed by atoms with Crippen LogP contribution < -0.4 is 10.6 Å². The number of hydrogen-bond acceptors (Lipinski definition) is 6. The number of fused-ring (bicyclic) bond motifs is 2. The quantitative estimate of drug-likeness (QED) is 0.515. The van der Waals surface area contributed by atoms with Crippen molar-refractivity contribution in [2.45, 2.75) is 19.0 Å². The average molecular weight is 427 g/mol. The Hall–Kier alpha value is -3.76. The molecule has 158 valence electrons. The smallest absolute Gasteiger partial charge is 0.373 e. The number of nitrogens with one attached hydrogen (secondary N) is 2. The summed E-state index contributed by atoms with van der Waals surface area (Å²) in [5.74, 6) is 1.09. The summed E-state index contributed by atoms with van der Waals surface area (Å²) in [4.78, 5) is 25.1. The maximum absolute atomic E-state index is 13.0. The van der Waals surface area contributed by atoms with E-state index in [4.69, 9.17) is 0 Å². The van der Waals surface area contributed by atoms with Gasteiger partial charge in [0.1, 0.15) is 11.6 Å². The lowest BCUT2D eigenvalue weighted by molar-refractivity contribution is -0.137. The molecule has 0 spiro atoms. The minimum absolute atomic E-state index is 0.0187. The first kappa shape index (κ1) is 19.2. The summed E-state index contributed by atoms with van der Waals surface area (Å²) in [7, 11) is 1.71. The molecule has 0 radical (unpaired) electrons. The number of aromatic nitrogens is 5. The van der Waals surface area contributed by atoms with E-state index in [0.29, 0.717) is 28.0 Å². The van der Waals surface area contributed by atoms with Gasteiger partial charge in [0.25, 0.3) is 0 Å². The van der Waals surface area contributed by atoms with Gasteiger partial charge in [-0.15, -0.1) is 5.10 Å². The minimum atomic E-state index is -4.48. The number of halogens is 3. The van der Waals surface area contributed by atoms with Crippen molar-refractivity contribution in [2.75, 3.05) is 17.7 Å². The number of hydrogen-bond donors (Lipinski definition) is 2. The number of rotatable bonds is 4. The van der Waals surface area contributed by atoms with Crippen molar-refractivity contribution in [3.8, 4) is 11.4 Å². The third kappa shape index (κ3) is 3.51. The van der Waals surface area contributed by atoms with Crippen LogP contribution in [0.5, 0.6) is 0 Å². The van der Waals surface area contributed by atoms with E-state index in [2.05, 4.69) is 30.7 Å². The number of amides is 1. The summed E-state index contributed by atoms with van der Waals surface area (Å²) in [5, 5.41) is 11.3. The van der Waals surface area contributed by atoms with Crippen LogP contribution in [0.2, 0.25) is 0 Å². The van der Waals surface area contributed by atoms with Crippen molar-refractivity contribution in [1.29, 1.82) is 0 Å². The number of anilines is 2. The lowest BCUT2D eigenvalue weighted by atomic mass is 10.1. The Bertz CT molecular complexity index is 1330. The van der Waals surface area contributed by atoms with Crippen molar-refractivity contribution < 1.29 is 18.0 Å². The predicted octanol–water partition coefficient (Wildman–Crippen LogP) is 3.75. The van der Waals surface area contributed by atoms with Crippen molar-refractivity contribution in [2.24, 2.45) is 5.92 Å². The Morgan fingerprint density at radius 1 is 1.16 bits per heavy atom. The summed E-state index contributed by atoms with van der Waals surface area (Å²) in [6.07, 6.45) is 1.26. The second kappa shape index (κ2) is 6.89. The molecule has 2 N–H and O–H groups in total. The molecule has 0 aromatic carbocycles. The molecule has 5 rings (SSSR count). The van der Waals surface area contributed by atoms with Gasteiger partial charge >= 0.3 is 6.18 Å². The van der Waals surface area contributed by atoms with Crippen LogP contribution >= 0.6 is 0 Å². The summed E-state index contributed by atoms with van der Waals surface area (Å²) < 4.78 is 40.2. The van der Waals surface area contributed by atoms with Crippen LogP contribution in [0.25, 0.3) is 27.8 Å². The van der Waals surface area contributed by atoms with E-state index in [1.165, 1.54) is 6.07 Å². The van der Waals surface area contributed by atoms with Gasteiger partial charge in [-0.1, -0.05) is 0 Å². The molecule has 1 amide bonds. The van der Waals surface area contributed by atoms with Crippen LogP contribution in [0.4, 0.5) is 24.8 Å². The molecule has 11 heteroatoms. The van der Waals surface area contributed by atoms with Crippen LogP contribution in [0.3, 0.4) is 0 Å². The van der Waals surface area contributed by atoms with E-state index in [1.807, 2.05) is 0 Å². The fraction of sp³-hybridized carbons (Fsp3) is 0.250. The molecule has 0 unspecified atom stereocenters. The third-order valence-electron chi connectivity index (χ3n) is 5.11. The normalized spacial score (nSPS) is 14.2. The van der Waals surface area contributed by atoms with E-state index in [9.17, 15) is 18.0 Å². The van der Waals surface area contributed by atoms with Gasteiger partial charge in [0.2, 0.25) is 5.91 Å². The number of carbonyl (C=O) groups is 1. The van der Waals surface area contributed by atoms with Crippen molar-refractivity contribution >= 4 is 34.0 Å². The van der Waals surface area contributed by atoms with Gasteiger partial charge in [0, 0.05) is 47.9 Å². The molecule has 0 atom stereocenters. The van der Waals surface area contributed by atoms with Crippen LogP contribution in [0.1, 0.15) is 18.4 Å². The first-order valence-electron chi connectivity index (χ1n) is 9.55. The van der Waals surface area contributed by atoms with Gasteiger partial charge in [0.05, 0.1) is 5.56 Å². The minimum Gasteiger partial charge on any atom is -0.373 e. The van der Waals surface area contributed by atoms with E-state index >= 15 is 0 Å². The summed E-state index contributed by atoms with van der Waals surface area (Å²) >= 11 is 0. The number of nitrogens with zero attached hydrogens (tertiary/aromatic N) is 5. The first-order valence-corrected chi connectivity index (χ1v) is 9.55. The molecule has 1 aliphatic rings. The Kier molecular flexibility index (Phi) is 4.27. The molecule has 1 saturated carbocycles. The highest BCUT2D eigenvalue weighted by molar-refractivity contribution is 6.03. The molecule has 4 aromatic rings. The largest absolute Gasteiger partial charge is 0.417 e. The van der Waals surface area contributed by atoms with Crippen LogP contribution in [0, 0.1) is 5.92 Å². The topological polar surface area (TPSA) is 97.1 Å². The molecule has 0 aliphatic heterocycles. The number of alkyl halides is 3. The molecule has 0 bridgehead atoms. The molecule has 4 aromatic heterocycles. The molecule has 1 aliphatic carbocycles. The summed E-state index contributed by atoms with van der Waals surface area (Å²) in [6, 6.07) is 3.92. The SMILES string of the molecule is CNc1ncc(-c2nc3ccc(C(F)(F)F)cn3n2)c2cc(NC(=O)C3CC3)ncc12. The van der Waals surface area contributed by atoms with Crippen LogP contribution in [0.15, 0.2) is 36.8 Å². The third-order valence-corrected chi connectivity index (χ3v) is 5.11. The second-order valence-corrected chi connectivity index (χ2v) is 7.30. The van der Waals surface area contributed by atoms with Crippen LogP contribution in [-0.2, 0) is 11.0 Å². The molecule has 0 saturated heterocycles.